The zero-order valence-electron chi connectivity index (χ0n) is 24.2. The zero-order chi connectivity index (χ0) is 30.8. The molecule has 44 heavy (non-hydrogen) atoms. The first-order valence-electron chi connectivity index (χ1n) is 14.3. The first kappa shape index (κ1) is 29.3. The van der Waals surface area contributed by atoms with Crippen molar-refractivity contribution in [2.75, 3.05) is 5.32 Å². The summed E-state index contributed by atoms with van der Waals surface area (Å²) in [5, 5.41) is 20.6. The van der Waals surface area contributed by atoms with Crippen LogP contribution in [-0.2, 0) is 11.2 Å². The smallest absolute Gasteiger partial charge is 0.257 e. The number of anilines is 1. The third-order valence-electron chi connectivity index (χ3n) is 7.81. The number of benzene rings is 2. The van der Waals surface area contributed by atoms with Crippen LogP contribution in [0.25, 0.3) is 16.8 Å². The van der Waals surface area contributed by atoms with E-state index in [1.54, 1.807) is 37.5 Å². The maximum absolute atomic E-state index is 13.7. The Morgan fingerprint density at radius 3 is 2.50 bits per heavy atom. The van der Waals surface area contributed by atoms with Gasteiger partial charge in [-0.2, -0.15) is 0 Å². The standard InChI is InChI=1S/C33H31ClN6O4/c1-19-27(18-44-39-19)32(42)38-30(33(43)37-25-6-8-26(9-7-25)40-14-13-35-20(40)2)17-24-15-22(5-10-28(24)34)23-11-12-36-29(16-23)31(41)21-3-4-21/h5-16,18,21,30-31,41H,3-4,17H2,1-2H3,(H,37,43)(H,38,42)/t30-,31?/m0/s1. The fraction of sp³-hybridized carbons (Fsp3) is 0.242. The molecular formula is C33H31ClN6O4. The Balaban J connectivity index is 1.25. The fourth-order valence-corrected chi connectivity index (χ4v) is 5.31. The highest BCUT2D eigenvalue weighted by molar-refractivity contribution is 6.31. The lowest BCUT2D eigenvalue weighted by Crippen LogP contribution is -2.45. The Bertz CT molecular complexity index is 1810. The Kier molecular flexibility index (Phi) is 8.28. The molecule has 0 aliphatic heterocycles. The number of hydrogen-bond donors (Lipinski definition) is 3. The molecule has 6 rings (SSSR count). The number of carbonyl (C=O) groups excluding carboxylic acids is 2. The van der Waals surface area contributed by atoms with Gasteiger partial charge in [0.15, 0.2) is 0 Å². The number of nitrogens with one attached hydrogen (secondary N) is 2. The molecule has 0 bridgehead atoms. The van der Waals surface area contributed by atoms with Crippen molar-refractivity contribution >= 4 is 29.1 Å². The van der Waals surface area contributed by atoms with Crippen LogP contribution < -0.4 is 10.6 Å². The second-order valence-corrected chi connectivity index (χ2v) is 11.4. The molecule has 1 fully saturated rings. The van der Waals surface area contributed by atoms with E-state index in [4.69, 9.17) is 16.1 Å². The predicted octanol–water partition coefficient (Wildman–Crippen LogP) is 5.62. The van der Waals surface area contributed by atoms with Crippen molar-refractivity contribution in [1.82, 2.24) is 25.0 Å². The Labute approximate surface area is 259 Å². The molecule has 3 aromatic heterocycles. The zero-order valence-corrected chi connectivity index (χ0v) is 25.0. The Hall–Kier alpha value is -4.80. The molecule has 1 aliphatic rings. The maximum Gasteiger partial charge on any atom is 0.257 e. The average molecular weight is 611 g/mol. The van der Waals surface area contributed by atoms with E-state index in [1.165, 1.54) is 6.26 Å². The van der Waals surface area contributed by atoms with Gasteiger partial charge in [0.1, 0.15) is 23.7 Å². The predicted molar refractivity (Wildman–Crippen MR) is 165 cm³/mol. The summed E-state index contributed by atoms with van der Waals surface area (Å²) in [6.07, 6.45) is 8.03. The number of imidazole rings is 1. The van der Waals surface area contributed by atoms with Crippen LogP contribution in [-0.4, -0.2) is 42.7 Å². The summed E-state index contributed by atoms with van der Waals surface area (Å²) in [4.78, 5) is 35.5. The lowest BCUT2D eigenvalue weighted by molar-refractivity contribution is -0.118. The van der Waals surface area contributed by atoms with Crippen molar-refractivity contribution in [3.05, 3.63) is 113 Å². The first-order chi connectivity index (χ1) is 21.3. The Morgan fingerprint density at radius 1 is 1.05 bits per heavy atom. The van der Waals surface area contributed by atoms with Gasteiger partial charge < -0.3 is 24.8 Å². The van der Waals surface area contributed by atoms with Gasteiger partial charge in [0, 0.05) is 41.4 Å². The summed E-state index contributed by atoms with van der Waals surface area (Å²) in [6, 6.07) is 15.6. The summed E-state index contributed by atoms with van der Waals surface area (Å²) in [5.41, 5.74) is 5.12. The van der Waals surface area contributed by atoms with Gasteiger partial charge in [0.05, 0.1) is 17.5 Å². The van der Waals surface area contributed by atoms with E-state index in [1.807, 2.05) is 54.1 Å². The number of aliphatic hydroxyl groups is 1. The molecule has 11 heteroatoms. The summed E-state index contributed by atoms with van der Waals surface area (Å²) in [6.45, 7) is 3.56. The van der Waals surface area contributed by atoms with Gasteiger partial charge in [-0.3, -0.25) is 14.6 Å². The van der Waals surface area contributed by atoms with E-state index in [-0.39, 0.29) is 17.9 Å². The fourth-order valence-electron chi connectivity index (χ4n) is 5.11. The molecule has 0 radical (unpaired) electrons. The molecule has 5 aromatic rings. The van der Waals surface area contributed by atoms with Crippen LogP contribution in [0, 0.1) is 19.8 Å². The number of aromatic nitrogens is 4. The molecule has 3 heterocycles. The van der Waals surface area contributed by atoms with Gasteiger partial charge in [0.25, 0.3) is 5.91 Å². The van der Waals surface area contributed by atoms with Crippen molar-refractivity contribution in [1.29, 1.82) is 0 Å². The third-order valence-corrected chi connectivity index (χ3v) is 8.18. The highest BCUT2D eigenvalue weighted by Gasteiger charge is 2.32. The summed E-state index contributed by atoms with van der Waals surface area (Å²) >= 11 is 6.64. The van der Waals surface area contributed by atoms with Crippen LogP contribution in [0.2, 0.25) is 5.02 Å². The number of hydrogen-bond acceptors (Lipinski definition) is 7. The quantitative estimate of drug-likeness (QED) is 0.187. The minimum atomic E-state index is -0.982. The van der Waals surface area contributed by atoms with Crippen LogP contribution in [0.4, 0.5) is 5.69 Å². The highest BCUT2D eigenvalue weighted by Crippen LogP contribution is 2.41. The third kappa shape index (κ3) is 6.41. The Morgan fingerprint density at radius 2 is 1.82 bits per heavy atom. The maximum atomic E-state index is 13.7. The lowest BCUT2D eigenvalue weighted by atomic mass is 9.98. The molecule has 0 spiro atoms. The minimum absolute atomic E-state index is 0.115. The lowest BCUT2D eigenvalue weighted by Gasteiger charge is -2.20. The van der Waals surface area contributed by atoms with Crippen molar-refractivity contribution in [2.45, 2.75) is 45.3 Å². The van der Waals surface area contributed by atoms with Gasteiger partial charge in [-0.1, -0.05) is 22.8 Å². The second-order valence-electron chi connectivity index (χ2n) is 11.0. The van der Waals surface area contributed by atoms with Crippen LogP contribution in [0.15, 0.2) is 84.0 Å². The number of amides is 2. The van der Waals surface area contributed by atoms with Gasteiger partial charge in [-0.25, -0.2) is 4.98 Å². The molecule has 2 aromatic carbocycles. The normalized spacial score (nSPS) is 14.2. The first-order valence-corrected chi connectivity index (χ1v) is 14.7. The van der Waals surface area contributed by atoms with E-state index in [9.17, 15) is 14.7 Å². The van der Waals surface area contributed by atoms with Gasteiger partial charge >= 0.3 is 0 Å². The molecule has 1 saturated carbocycles. The van der Waals surface area contributed by atoms with Gasteiger partial charge in [0.2, 0.25) is 5.91 Å². The number of pyridine rings is 1. The van der Waals surface area contributed by atoms with Crippen LogP contribution in [0.1, 0.15) is 52.1 Å². The van der Waals surface area contributed by atoms with E-state index in [0.29, 0.717) is 27.7 Å². The number of carbonyl (C=O) groups is 2. The molecule has 1 unspecified atom stereocenters. The summed E-state index contributed by atoms with van der Waals surface area (Å²) in [5.74, 6) is 0.186. The monoisotopic (exact) mass is 610 g/mol. The highest BCUT2D eigenvalue weighted by atomic mass is 35.5. The van der Waals surface area contributed by atoms with Crippen LogP contribution >= 0.6 is 11.6 Å². The topological polar surface area (TPSA) is 135 Å². The second kappa shape index (κ2) is 12.4. The van der Waals surface area contributed by atoms with Gasteiger partial charge in [-0.15, -0.1) is 0 Å². The molecule has 2 atom stereocenters. The van der Waals surface area contributed by atoms with Crippen LogP contribution in [0.5, 0.6) is 0 Å². The van der Waals surface area contributed by atoms with Gasteiger partial charge in [-0.05, 0) is 97.8 Å². The molecular weight excluding hydrogens is 580 g/mol. The van der Waals surface area contributed by atoms with E-state index >= 15 is 0 Å². The van der Waals surface area contributed by atoms with Crippen molar-refractivity contribution in [3.8, 4) is 16.8 Å². The molecule has 0 saturated heterocycles. The molecule has 2 amide bonds. The summed E-state index contributed by atoms with van der Waals surface area (Å²) < 4.78 is 6.87. The number of rotatable bonds is 10. The van der Waals surface area contributed by atoms with Crippen molar-refractivity contribution in [3.63, 3.8) is 0 Å². The SMILES string of the molecule is Cc1nocc1C(=O)N[C@@H](Cc1cc(-c2ccnc(C(O)C3CC3)c2)ccc1Cl)C(=O)Nc1ccc(-n2ccnc2C)cc1. The number of aliphatic hydroxyl groups excluding tert-OH is 1. The van der Waals surface area contributed by atoms with E-state index < -0.39 is 24.0 Å². The van der Waals surface area contributed by atoms with Crippen LogP contribution in [0.3, 0.4) is 0 Å². The molecule has 1 aliphatic carbocycles. The molecule has 3 N–H and O–H groups in total. The number of nitrogens with zero attached hydrogens (tertiary/aromatic N) is 4. The van der Waals surface area contributed by atoms with Crippen molar-refractivity contribution < 1.29 is 19.2 Å². The average Bonchev–Trinajstić information content (AvgIpc) is 3.65. The molecule has 224 valence electrons. The number of aryl methyl sites for hydroxylation is 2. The largest absolute Gasteiger partial charge is 0.387 e. The van der Waals surface area contributed by atoms with E-state index in [2.05, 4.69) is 25.8 Å². The summed E-state index contributed by atoms with van der Waals surface area (Å²) in [7, 11) is 0. The minimum Gasteiger partial charge on any atom is -0.387 e. The molecule has 10 nitrogen and oxygen atoms in total. The number of halogens is 1. The van der Waals surface area contributed by atoms with Crippen molar-refractivity contribution in [2.24, 2.45) is 5.92 Å². The van der Waals surface area contributed by atoms with E-state index in [0.717, 1.165) is 35.5 Å².